The molecular weight excluding hydrogens is 397 g/mol. The van der Waals surface area contributed by atoms with Crippen molar-refractivity contribution in [1.82, 2.24) is 14.7 Å². The number of halogens is 2. The van der Waals surface area contributed by atoms with Crippen molar-refractivity contribution in [3.8, 4) is 0 Å². The Bertz CT molecular complexity index is 388. The molecule has 2 rings (SSSR count). The molecule has 2 N–H and O–H groups in total. The van der Waals surface area contributed by atoms with Crippen molar-refractivity contribution >= 4 is 45.9 Å². The van der Waals surface area contributed by atoms with Gasteiger partial charge in [0.25, 0.3) is 0 Å². The number of hydrogen-bond donors (Lipinski definition) is 1. The van der Waals surface area contributed by atoms with Crippen LogP contribution < -0.4 is 5.73 Å². The third-order valence-corrected chi connectivity index (χ3v) is 3.07. The van der Waals surface area contributed by atoms with Crippen molar-refractivity contribution in [3.63, 3.8) is 0 Å². The molecule has 0 radical (unpaired) electrons. The zero-order valence-corrected chi connectivity index (χ0v) is 13.6. The lowest BCUT2D eigenvalue weighted by atomic mass is 10.6. The summed E-state index contributed by atoms with van der Waals surface area (Å²) < 4.78 is 2.83. The number of nitrogens with zero attached hydrogens (tertiary/aromatic N) is 4. The van der Waals surface area contributed by atoms with Crippen LogP contribution in [0.4, 0.5) is 0 Å². The summed E-state index contributed by atoms with van der Waals surface area (Å²) in [6, 6.07) is 0.614. The van der Waals surface area contributed by atoms with Crippen LogP contribution in [-0.4, -0.2) is 40.3 Å². The SMILES string of the molecule is CN(C(N)=NCCn1cc(Br)cn1)C1CC1.I. The van der Waals surface area contributed by atoms with Crippen LogP contribution >= 0.6 is 39.9 Å². The maximum Gasteiger partial charge on any atom is 0.191 e. The van der Waals surface area contributed by atoms with E-state index in [4.69, 9.17) is 5.73 Å². The Morgan fingerprint density at radius 1 is 1.71 bits per heavy atom. The van der Waals surface area contributed by atoms with E-state index in [9.17, 15) is 0 Å². The van der Waals surface area contributed by atoms with Gasteiger partial charge in [-0.3, -0.25) is 9.67 Å². The zero-order valence-electron chi connectivity index (χ0n) is 9.71. The highest BCUT2D eigenvalue weighted by Gasteiger charge is 2.27. The monoisotopic (exact) mass is 413 g/mol. The summed E-state index contributed by atoms with van der Waals surface area (Å²) in [4.78, 5) is 6.39. The van der Waals surface area contributed by atoms with Gasteiger partial charge in [0.1, 0.15) is 0 Å². The van der Waals surface area contributed by atoms with Gasteiger partial charge in [-0.2, -0.15) is 5.10 Å². The fourth-order valence-corrected chi connectivity index (χ4v) is 1.82. The largest absolute Gasteiger partial charge is 0.370 e. The lowest BCUT2D eigenvalue weighted by Gasteiger charge is -2.16. The third kappa shape index (κ3) is 4.46. The van der Waals surface area contributed by atoms with Gasteiger partial charge in [-0.05, 0) is 28.8 Å². The van der Waals surface area contributed by atoms with Crippen LogP contribution in [0.3, 0.4) is 0 Å². The Morgan fingerprint density at radius 2 is 2.41 bits per heavy atom. The molecule has 1 heterocycles. The summed E-state index contributed by atoms with van der Waals surface area (Å²) in [6.07, 6.45) is 6.16. The van der Waals surface area contributed by atoms with Gasteiger partial charge in [-0.25, -0.2) is 0 Å². The van der Waals surface area contributed by atoms with E-state index < -0.39 is 0 Å². The van der Waals surface area contributed by atoms with Crippen LogP contribution in [-0.2, 0) is 6.54 Å². The Morgan fingerprint density at radius 3 is 2.94 bits per heavy atom. The molecule has 1 aliphatic carbocycles. The van der Waals surface area contributed by atoms with Crippen LogP contribution in [0.1, 0.15) is 12.8 Å². The van der Waals surface area contributed by atoms with Gasteiger partial charge in [-0.15, -0.1) is 24.0 Å². The second-order valence-electron chi connectivity index (χ2n) is 4.00. The van der Waals surface area contributed by atoms with E-state index >= 15 is 0 Å². The van der Waals surface area contributed by atoms with Gasteiger partial charge in [0.2, 0.25) is 0 Å². The molecule has 0 bridgehead atoms. The Labute approximate surface area is 127 Å². The molecule has 1 aliphatic rings. The molecule has 0 atom stereocenters. The number of aromatic nitrogens is 2. The van der Waals surface area contributed by atoms with Gasteiger partial charge in [-0.1, -0.05) is 0 Å². The van der Waals surface area contributed by atoms with E-state index in [2.05, 4.69) is 30.9 Å². The standard InChI is InChI=1S/C10H16BrN5.HI/c1-15(9-2-3-9)10(12)13-4-5-16-7-8(11)6-14-16;/h6-7,9H,2-5H2,1H3,(H2,12,13);1H. The summed E-state index contributed by atoms with van der Waals surface area (Å²) in [5.41, 5.74) is 5.86. The van der Waals surface area contributed by atoms with Crippen molar-refractivity contribution in [3.05, 3.63) is 16.9 Å². The lowest BCUT2D eigenvalue weighted by molar-refractivity contribution is 0.485. The molecule has 0 aliphatic heterocycles. The summed E-state index contributed by atoms with van der Waals surface area (Å²) >= 11 is 3.35. The molecule has 1 fully saturated rings. The van der Waals surface area contributed by atoms with Crippen molar-refractivity contribution in [2.75, 3.05) is 13.6 Å². The van der Waals surface area contributed by atoms with Crippen LogP contribution in [0.2, 0.25) is 0 Å². The Balaban J connectivity index is 0.00000144. The lowest BCUT2D eigenvalue weighted by Crippen LogP contribution is -2.36. The van der Waals surface area contributed by atoms with Crippen molar-refractivity contribution in [1.29, 1.82) is 0 Å². The first-order chi connectivity index (χ1) is 7.66. The quantitative estimate of drug-likeness (QED) is 0.464. The van der Waals surface area contributed by atoms with E-state index in [0.717, 1.165) is 11.0 Å². The van der Waals surface area contributed by atoms with Gasteiger partial charge in [0.05, 0.1) is 23.8 Å². The smallest absolute Gasteiger partial charge is 0.191 e. The molecule has 1 aromatic heterocycles. The van der Waals surface area contributed by atoms with Gasteiger partial charge in [0, 0.05) is 19.3 Å². The minimum absolute atomic E-state index is 0. The number of aliphatic imine (C=N–C) groups is 1. The minimum Gasteiger partial charge on any atom is -0.370 e. The highest BCUT2D eigenvalue weighted by molar-refractivity contribution is 14.0. The van der Waals surface area contributed by atoms with Crippen LogP contribution in [0.25, 0.3) is 0 Å². The fraction of sp³-hybridized carbons (Fsp3) is 0.600. The molecule has 0 unspecified atom stereocenters. The predicted molar refractivity (Wildman–Crippen MR) is 82.6 cm³/mol. The van der Waals surface area contributed by atoms with Crippen LogP contribution in [0.15, 0.2) is 21.9 Å². The average molecular weight is 414 g/mol. The van der Waals surface area contributed by atoms with Gasteiger partial charge >= 0.3 is 0 Å². The van der Waals surface area contributed by atoms with E-state index in [1.807, 2.05) is 17.9 Å². The van der Waals surface area contributed by atoms with Gasteiger partial charge in [0.15, 0.2) is 5.96 Å². The summed E-state index contributed by atoms with van der Waals surface area (Å²) in [7, 11) is 2.00. The maximum absolute atomic E-state index is 5.86. The molecule has 17 heavy (non-hydrogen) atoms. The number of nitrogens with two attached hydrogens (primary N) is 1. The maximum atomic E-state index is 5.86. The molecule has 0 aromatic carbocycles. The van der Waals surface area contributed by atoms with Crippen molar-refractivity contribution in [2.45, 2.75) is 25.4 Å². The van der Waals surface area contributed by atoms with Crippen LogP contribution in [0.5, 0.6) is 0 Å². The molecular formula is C10H17BrIN5. The highest BCUT2D eigenvalue weighted by atomic mass is 127. The first-order valence-electron chi connectivity index (χ1n) is 5.37. The summed E-state index contributed by atoms with van der Waals surface area (Å²) in [5, 5.41) is 4.15. The number of rotatable bonds is 4. The first-order valence-corrected chi connectivity index (χ1v) is 6.17. The molecule has 1 aromatic rings. The second kappa shape index (κ2) is 6.58. The van der Waals surface area contributed by atoms with E-state index in [1.54, 1.807) is 6.20 Å². The Kier molecular flexibility index (Phi) is 5.71. The average Bonchev–Trinajstić information content (AvgIpc) is 3.02. The molecule has 0 saturated heterocycles. The van der Waals surface area contributed by atoms with E-state index in [0.29, 0.717) is 18.5 Å². The normalized spacial score (nSPS) is 15.5. The molecule has 7 heteroatoms. The van der Waals surface area contributed by atoms with Gasteiger partial charge < -0.3 is 10.6 Å². The van der Waals surface area contributed by atoms with E-state index in [-0.39, 0.29) is 24.0 Å². The second-order valence-corrected chi connectivity index (χ2v) is 4.92. The fourth-order valence-electron chi connectivity index (χ4n) is 1.49. The molecule has 1 saturated carbocycles. The predicted octanol–water partition coefficient (Wildman–Crippen LogP) is 1.67. The third-order valence-electron chi connectivity index (χ3n) is 2.66. The Hall–Kier alpha value is -0.310. The van der Waals surface area contributed by atoms with E-state index in [1.165, 1.54) is 12.8 Å². The topological polar surface area (TPSA) is 59.4 Å². The first kappa shape index (κ1) is 14.7. The van der Waals surface area contributed by atoms with Crippen molar-refractivity contribution < 1.29 is 0 Å². The minimum atomic E-state index is 0. The van der Waals surface area contributed by atoms with Crippen molar-refractivity contribution in [2.24, 2.45) is 10.7 Å². The number of hydrogen-bond acceptors (Lipinski definition) is 2. The number of guanidine groups is 1. The zero-order chi connectivity index (χ0) is 11.5. The highest BCUT2D eigenvalue weighted by Crippen LogP contribution is 2.24. The summed E-state index contributed by atoms with van der Waals surface area (Å²) in [6.45, 7) is 1.42. The molecule has 0 spiro atoms. The molecule has 96 valence electrons. The molecule has 5 nitrogen and oxygen atoms in total. The summed E-state index contributed by atoms with van der Waals surface area (Å²) in [5.74, 6) is 0.633. The molecule has 0 amide bonds. The van der Waals surface area contributed by atoms with Crippen LogP contribution in [0, 0.1) is 0 Å².